The number of amides is 1. The van der Waals surface area contributed by atoms with Gasteiger partial charge in [-0.2, -0.15) is 0 Å². The molecular weight excluding hydrogens is 434 g/mol. The zero-order valence-corrected chi connectivity index (χ0v) is 18.1. The van der Waals surface area contributed by atoms with Crippen LogP contribution in [0.15, 0.2) is 82.7 Å². The molecule has 6 nitrogen and oxygen atoms in total. The van der Waals surface area contributed by atoms with Crippen molar-refractivity contribution in [3.8, 4) is 11.4 Å². The number of nitrogens with one attached hydrogen (secondary N) is 1. The number of fused-ring (bicyclic) bond motifs is 1. The molecule has 1 amide bonds. The van der Waals surface area contributed by atoms with Gasteiger partial charge in [-0.05, 0) is 42.5 Å². The first-order valence-corrected chi connectivity index (χ1v) is 10.8. The van der Waals surface area contributed by atoms with Gasteiger partial charge in [0, 0.05) is 5.69 Å². The van der Waals surface area contributed by atoms with Crippen molar-refractivity contribution in [2.24, 2.45) is 0 Å². The first-order valence-electron chi connectivity index (χ1n) is 9.40. The molecule has 4 aromatic rings. The van der Waals surface area contributed by atoms with Crippen LogP contribution in [0.2, 0.25) is 5.02 Å². The molecule has 1 heterocycles. The van der Waals surface area contributed by atoms with Gasteiger partial charge in [-0.25, -0.2) is 4.98 Å². The molecule has 0 aliphatic rings. The van der Waals surface area contributed by atoms with Gasteiger partial charge in [0.2, 0.25) is 5.91 Å². The average molecular weight is 452 g/mol. The molecule has 0 radical (unpaired) electrons. The van der Waals surface area contributed by atoms with Gasteiger partial charge in [0.15, 0.2) is 5.16 Å². The Bertz CT molecular complexity index is 1310. The summed E-state index contributed by atoms with van der Waals surface area (Å²) in [5, 5.41) is 4.17. The topological polar surface area (TPSA) is 73.2 Å². The zero-order valence-electron chi connectivity index (χ0n) is 16.5. The summed E-state index contributed by atoms with van der Waals surface area (Å²) in [7, 11) is 1.53. The molecular formula is C23H18ClN3O3S. The Balaban J connectivity index is 1.61. The van der Waals surface area contributed by atoms with E-state index in [0.29, 0.717) is 38.2 Å². The van der Waals surface area contributed by atoms with Crippen LogP contribution in [0, 0.1) is 0 Å². The standard InChI is InChI=1S/C23H18ClN3O3S/c1-30-20-12-11-15(13-18(20)24)25-21(28)14-31-23-26-19-10-6-5-9-17(19)22(29)27(23)16-7-3-2-4-8-16/h2-13H,14H2,1H3,(H,25,28). The number of hydrogen-bond donors (Lipinski definition) is 1. The van der Waals surface area contributed by atoms with Gasteiger partial charge in [-0.15, -0.1) is 0 Å². The number of thioether (sulfide) groups is 1. The fourth-order valence-electron chi connectivity index (χ4n) is 3.09. The predicted octanol–water partition coefficient (Wildman–Crippen LogP) is 4.78. The van der Waals surface area contributed by atoms with Crippen LogP contribution in [0.25, 0.3) is 16.6 Å². The van der Waals surface area contributed by atoms with E-state index in [0.717, 1.165) is 0 Å². The normalized spacial score (nSPS) is 10.8. The molecule has 0 unspecified atom stereocenters. The summed E-state index contributed by atoms with van der Waals surface area (Å²) in [5.41, 5.74) is 1.66. The third-order valence-electron chi connectivity index (χ3n) is 4.53. The van der Waals surface area contributed by atoms with Crippen molar-refractivity contribution >= 4 is 45.9 Å². The van der Waals surface area contributed by atoms with Crippen molar-refractivity contribution in [2.75, 3.05) is 18.2 Å². The summed E-state index contributed by atoms with van der Waals surface area (Å²) in [6.07, 6.45) is 0. The number of anilines is 1. The fraction of sp³-hybridized carbons (Fsp3) is 0.0870. The number of ether oxygens (including phenoxy) is 1. The van der Waals surface area contributed by atoms with Crippen molar-refractivity contribution in [3.63, 3.8) is 0 Å². The van der Waals surface area contributed by atoms with E-state index in [2.05, 4.69) is 10.3 Å². The van der Waals surface area contributed by atoms with E-state index >= 15 is 0 Å². The van der Waals surface area contributed by atoms with Crippen LogP contribution in [0.5, 0.6) is 5.75 Å². The van der Waals surface area contributed by atoms with Gasteiger partial charge in [-0.1, -0.05) is 53.7 Å². The van der Waals surface area contributed by atoms with Crippen molar-refractivity contribution in [3.05, 3.63) is 88.2 Å². The summed E-state index contributed by atoms with van der Waals surface area (Å²) < 4.78 is 6.65. The van der Waals surface area contributed by atoms with E-state index in [1.807, 2.05) is 36.4 Å². The number of para-hydroxylation sites is 2. The molecule has 0 saturated carbocycles. The number of nitrogens with zero attached hydrogens (tertiary/aromatic N) is 2. The number of halogens is 1. The second-order valence-electron chi connectivity index (χ2n) is 6.57. The Kier molecular flexibility index (Phi) is 6.25. The third-order valence-corrected chi connectivity index (χ3v) is 5.76. The predicted molar refractivity (Wildman–Crippen MR) is 125 cm³/mol. The van der Waals surface area contributed by atoms with Gasteiger partial charge in [0.1, 0.15) is 5.75 Å². The molecule has 0 saturated heterocycles. The minimum absolute atomic E-state index is 0.0707. The van der Waals surface area contributed by atoms with Gasteiger partial charge < -0.3 is 10.1 Å². The molecule has 0 bridgehead atoms. The number of carbonyl (C=O) groups excluding carboxylic acids is 1. The maximum Gasteiger partial charge on any atom is 0.266 e. The van der Waals surface area contributed by atoms with E-state index in [-0.39, 0.29) is 17.2 Å². The molecule has 1 N–H and O–H groups in total. The maximum atomic E-state index is 13.2. The molecule has 1 aromatic heterocycles. The van der Waals surface area contributed by atoms with Gasteiger partial charge >= 0.3 is 0 Å². The third kappa shape index (κ3) is 4.57. The monoisotopic (exact) mass is 451 g/mol. The molecule has 156 valence electrons. The van der Waals surface area contributed by atoms with Crippen molar-refractivity contribution < 1.29 is 9.53 Å². The second-order valence-corrected chi connectivity index (χ2v) is 7.92. The van der Waals surface area contributed by atoms with Crippen LogP contribution < -0.4 is 15.6 Å². The Labute approximate surface area is 187 Å². The lowest BCUT2D eigenvalue weighted by Crippen LogP contribution is -2.22. The lowest BCUT2D eigenvalue weighted by Gasteiger charge is -2.13. The quantitative estimate of drug-likeness (QED) is 0.337. The van der Waals surface area contributed by atoms with E-state index in [1.165, 1.54) is 23.4 Å². The molecule has 0 aliphatic heterocycles. The Morgan fingerprint density at radius 1 is 1.10 bits per heavy atom. The average Bonchev–Trinajstić information content (AvgIpc) is 2.78. The number of carbonyl (C=O) groups is 1. The number of benzene rings is 3. The minimum Gasteiger partial charge on any atom is -0.495 e. The van der Waals surface area contributed by atoms with E-state index in [9.17, 15) is 9.59 Å². The molecule has 8 heteroatoms. The van der Waals surface area contributed by atoms with Crippen LogP contribution in [0.4, 0.5) is 5.69 Å². The molecule has 31 heavy (non-hydrogen) atoms. The largest absolute Gasteiger partial charge is 0.495 e. The highest BCUT2D eigenvalue weighted by atomic mass is 35.5. The van der Waals surface area contributed by atoms with Gasteiger partial charge in [0.25, 0.3) is 5.56 Å². The lowest BCUT2D eigenvalue weighted by molar-refractivity contribution is -0.113. The van der Waals surface area contributed by atoms with E-state index in [1.54, 1.807) is 36.4 Å². The lowest BCUT2D eigenvalue weighted by atomic mass is 10.2. The summed E-state index contributed by atoms with van der Waals surface area (Å²) in [4.78, 5) is 30.3. The highest BCUT2D eigenvalue weighted by molar-refractivity contribution is 7.99. The molecule has 4 rings (SSSR count). The number of methoxy groups -OCH3 is 1. The first kappa shape index (κ1) is 21.0. The molecule has 0 aliphatic carbocycles. The van der Waals surface area contributed by atoms with Gasteiger partial charge in [-0.3, -0.25) is 14.2 Å². The highest BCUT2D eigenvalue weighted by Gasteiger charge is 2.15. The first-order chi connectivity index (χ1) is 15.1. The van der Waals surface area contributed by atoms with Crippen molar-refractivity contribution in [2.45, 2.75) is 5.16 Å². The summed E-state index contributed by atoms with van der Waals surface area (Å²) in [6, 6.07) is 21.4. The SMILES string of the molecule is COc1ccc(NC(=O)CSc2nc3ccccc3c(=O)n2-c2ccccc2)cc1Cl. The Morgan fingerprint density at radius 3 is 2.58 bits per heavy atom. The van der Waals surface area contributed by atoms with E-state index in [4.69, 9.17) is 16.3 Å². The fourth-order valence-corrected chi connectivity index (χ4v) is 4.16. The smallest absolute Gasteiger partial charge is 0.266 e. The molecule has 0 fully saturated rings. The summed E-state index contributed by atoms with van der Waals surface area (Å²) in [6.45, 7) is 0. The summed E-state index contributed by atoms with van der Waals surface area (Å²) in [5.74, 6) is 0.357. The Morgan fingerprint density at radius 2 is 1.84 bits per heavy atom. The number of rotatable bonds is 6. The minimum atomic E-state index is -0.242. The summed E-state index contributed by atoms with van der Waals surface area (Å²) >= 11 is 7.31. The number of hydrogen-bond acceptors (Lipinski definition) is 5. The Hall–Kier alpha value is -3.29. The van der Waals surface area contributed by atoms with Crippen LogP contribution in [-0.2, 0) is 4.79 Å². The van der Waals surface area contributed by atoms with Crippen molar-refractivity contribution in [1.82, 2.24) is 9.55 Å². The van der Waals surface area contributed by atoms with Crippen LogP contribution in [-0.4, -0.2) is 28.3 Å². The van der Waals surface area contributed by atoms with Gasteiger partial charge in [0.05, 0.1) is 34.5 Å². The van der Waals surface area contributed by atoms with Crippen LogP contribution in [0.1, 0.15) is 0 Å². The highest BCUT2D eigenvalue weighted by Crippen LogP contribution is 2.27. The van der Waals surface area contributed by atoms with Crippen LogP contribution >= 0.6 is 23.4 Å². The van der Waals surface area contributed by atoms with E-state index < -0.39 is 0 Å². The molecule has 3 aromatic carbocycles. The number of aromatic nitrogens is 2. The zero-order chi connectivity index (χ0) is 21.8. The maximum absolute atomic E-state index is 13.2. The van der Waals surface area contributed by atoms with Crippen molar-refractivity contribution in [1.29, 1.82) is 0 Å². The second kappa shape index (κ2) is 9.24. The molecule has 0 spiro atoms. The molecule has 0 atom stereocenters. The van der Waals surface area contributed by atoms with Crippen LogP contribution in [0.3, 0.4) is 0 Å².